The van der Waals surface area contributed by atoms with Crippen LogP contribution in [0.3, 0.4) is 0 Å². The zero-order valence-corrected chi connectivity index (χ0v) is 24.8. The van der Waals surface area contributed by atoms with Crippen LogP contribution in [-0.2, 0) is 6.42 Å². The molecule has 2 aromatic carbocycles. The molecule has 0 saturated heterocycles. The first kappa shape index (κ1) is 27.4. The van der Waals surface area contributed by atoms with Crippen LogP contribution in [-0.4, -0.2) is 18.6 Å². The van der Waals surface area contributed by atoms with Crippen molar-refractivity contribution >= 4 is 17.1 Å². The van der Waals surface area contributed by atoms with E-state index < -0.39 is 0 Å². The van der Waals surface area contributed by atoms with E-state index in [1.807, 2.05) is 0 Å². The SMILES string of the molecule is CC(C)C1=C(C(Nc2c(C(C)C)cccc2C(C)C)C2C=CC=C(c3cccc4c3NCCC4)N2)C=CCC1. The molecule has 0 radical (unpaired) electrons. The topological polar surface area (TPSA) is 36.1 Å². The number of benzene rings is 2. The molecule has 3 aliphatic rings. The van der Waals surface area contributed by atoms with Crippen LogP contribution < -0.4 is 16.0 Å². The highest BCUT2D eigenvalue weighted by Gasteiger charge is 2.30. The van der Waals surface area contributed by atoms with Crippen molar-refractivity contribution in [1.29, 1.82) is 0 Å². The third-order valence-electron chi connectivity index (χ3n) is 8.58. The first-order valence-corrected chi connectivity index (χ1v) is 15.1. The first-order chi connectivity index (χ1) is 18.8. The van der Waals surface area contributed by atoms with Crippen LogP contribution in [0.15, 0.2) is 77.9 Å². The monoisotopic (exact) mass is 521 g/mol. The van der Waals surface area contributed by atoms with Gasteiger partial charge in [0.1, 0.15) is 0 Å². The Bertz CT molecular complexity index is 1280. The Kier molecular flexibility index (Phi) is 8.35. The zero-order valence-electron chi connectivity index (χ0n) is 24.8. The lowest BCUT2D eigenvalue weighted by atomic mass is 9.82. The fraction of sp³-hybridized carbons (Fsp3) is 0.444. The molecule has 39 heavy (non-hydrogen) atoms. The van der Waals surface area contributed by atoms with Gasteiger partial charge in [-0.05, 0) is 71.8 Å². The summed E-state index contributed by atoms with van der Waals surface area (Å²) in [6.45, 7) is 15.0. The molecular formula is C36H47N3. The molecule has 1 aliphatic carbocycles. The van der Waals surface area contributed by atoms with Crippen molar-refractivity contribution in [3.63, 3.8) is 0 Å². The van der Waals surface area contributed by atoms with E-state index in [0.29, 0.717) is 17.8 Å². The molecule has 2 atom stereocenters. The van der Waals surface area contributed by atoms with Gasteiger partial charge in [0.15, 0.2) is 0 Å². The number of hydrogen-bond acceptors (Lipinski definition) is 3. The molecule has 5 rings (SSSR count). The third kappa shape index (κ3) is 5.73. The summed E-state index contributed by atoms with van der Waals surface area (Å²) in [6, 6.07) is 13.8. The molecule has 0 aromatic heterocycles. The molecule has 2 heterocycles. The second kappa shape index (κ2) is 11.9. The van der Waals surface area contributed by atoms with Crippen LogP contribution in [0.1, 0.15) is 94.9 Å². The van der Waals surface area contributed by atoms with Crippen molar-refractivity contribution in [2.75, 3.05) is 17.2 Å². The average Bonchev–Trinajstić information content (AvgIpc) is 2.95. The molecule has 2 unspecified atom stereocenters. The van der Waals surface area contributed by atoms with Crippen LogP contribution in [0.2, 0.25) is 0 Å². The van der Waals surface area contributed by atoms with Crippen molar-refractivity contribution in [3.8, 4) is 0 Å². The van der Waals surface area contributed by atoms with Gasteiger partial charge < -0.3 is 16.0 Å². The Hall–Kier alpha value is -3.20. The van der Waals surface area contributed by atoms with E-state index in [0.717, 1.165) is 25.8 Å². The van der Waals surface area contributed by atoms with Crippen molar-refractivity contribution in [2.45, 2.75) is 91.1 Å². The molecule has 0 amide bonds. The number of rotatable bonds is 8. The van der Waals surface area contributed by atoms with Gasteiger partial charge in [-0.15, -0.1) is 0 Å². The van der Waals surface area contributed by atoms with E-state index in [1.54, 1.807) is 5.57 Å². The Morgan fingerprint density at radius 1 is 0.872 bits per heavy atom. The molecule has 0 bridgehead atoms. The van der Waals surface area contributed by atoms with Gasteiger partial charge in [-0.25, -0.2) is 0 Å². The quantitative estimate of drug-likeness (QED) is 0.324. The first-order valence-electron chi connectivity index (χ1n) is 15.1. The van der Waals surface area contributed by atoms with Gasteiger partial charge in [0.25, 0.3) is 0 Å². The fourth-order valence-corrected chi connectivity index (χ4v) is 6.50. The molecule has 2 aromatic rings. The Morgan fingerprint density at radius 3 is 2.33 bits per heavy atom. The van der Waals surface area contributed by atoms with E-state index >= 15 is 0 Å². The highest BCUT2D eigenvalue weighted by Crippen LogP contribution is 2.38. The lowest BCUT2D eigenvalue weighted by molar-refractivity contribution is 0.610. The van der Waals surface area contributed by atoms with Crippen molar-refractivity contribution in [1.82, 2.24) is 5.32 Å². The van der Waals surface area contributed by atoms with Gasteiger partial charge in [0.2, 0.25) is 0 Å². The van der Waals surface area contributed by atoms with Crippen LogP contribution in [0.4, 0.5) is 11.4 Å². The molecule has 0 saturated carbocycles. The molecule has 3 nitrogen and oxygen atoms in total. The fourth-order valence-electron chi connectivity index (χ4n) is 6.50. The summed E-state index contributed by atoms with van der Waals surface area (Å²) in [5.74, 6) is 1.41. The maximum atomic E-state index is 4.17. The lowest BCUT2D eigenvalue weighted by Crippen LogP contribution is -2.45. The van der Waals surface area contributed by atoms with Crippen molar-refractivity contribution in [2.24, 2.45) is 5.92 Å². The van der Waals surface area contributed by atoms with Crippen molar-refractivity contribution in [3.05, 3.63) is 100 Å². The summed E-state index contributed by atoms with van der Waals surface area (Å²) in [7, 11) is 0. The van der Waals surface area contributed by atoms with Gasteiger partial charge in [-0.3, -0.25) is 0 Å². The molecule has 0 fully saturated rings. The zero-order chi connectivity index (χ0) is 27.5. The van der Waals surface area contributed by atoms with Crippen LogP contribution in [0.5, 0.6) is 0 Å². The van der Waals surface area contributed by atoms with E-state index in [9.17, 15) is 0 Å². The van der Waals surface area contributed by atoms with Crippen molar-refractivity contribution < 1.29 is 0 Å². The number of dihydropyridines is 1. The predicted octanol–water partition coefficient (Wildman–Crippen LogP) is 8.94. The van der Waals surface area contributed by atoms with Gasteiger partial charge >= 0.3 is 0 Å². The largest absolute Gasteiger partial charge is 0.384 e. The average molecular weight is 522 g/mol. The second-order valence-corrected chi connectivity index (χ2v) is 12.3. The van der Waals surface area contributed by atoms with Crippen LogP contribution >= 0.6 is 0 Å². The number of fused-ring (bicyclic) bond motifs is 1. The minimum atomic E-state index is 0.115. The Balaban J connectivity index is 1.58. The highest BCUT2D eigenvalue weighted by atomic mass is 15.0. The Morgan fingerprint density at radius 2 is 1.62 bits per heavy atom. The summed E-state index contributed by atoms with van der Waals surface area (Å²) >= 11 is 0. The third-order valence-corrected chi connectivity index (χ3v) is 8.58. The number of para-hydroxylation sites is 2. The number of nitrogens with one attached hydrogen (secondary N) is 3. The number of allylic oxidation sites excluding steroid dienone is 4. The van der Waals surface area contributed by atoms with Crippen LogP contribution in [0.25, 0.3) is 5.70 Å². The molecule has 206 valence electrons. The standard InChI is InChI=1S/C36H47N3/c1-23(2)27-15-7-8-16-30(27)36(39-35-28(24(3)4)17-10-18-29(35)25(5)6)33-21-11-20-32(38-33)31-19-9-13-26-14-12-22-37-34(26)31/h8-11,13,16-21,23-25,33,36-39H,7,12,14-15,22H2,1-6H3. The summed E-state index contributed by atoms with van der Waals surface area (Å²) in [6.07, 6.45) is 16.2. The second-order valence-electron chi connectivity index (χ2n) is 12.3. The number of anilines is 2. The molecule has 2 aliphatic heterocycles. The maximum absolute atomic E-state index is 4.17. The van der Waals surface area contributed by atoms with E-state index in [1.165, 1.54) is 51.3 Å². The van der Waals surface area contributed by atoms with Gasteiger partial charge in [-0.2, -0.15) is 0 Å². The molecule has 3 heteroatoms. The molecular weight excluding hydrogens is 474 g/mol. The number of hydrogen-bond donors (Lipinski definition) is 3. The summed E-state index contributed by atoms with van der Waals surface area (Å²) in [5, 5.41) is 11.9. The van der Waals surface area contributed by atoms with E-state index in [4.69, 9.17) is 0 Å². The predicted molar refractivity (Wildman–Crippen MR) is 170 cm³/mol. The highest BCUT2D eigenvalue weighted by molar-refractivity contribution is 5.80. The van der Waals surface area contributed by atoms with E-state index in [2.05, 4.69) is 124 Å². The smallest absolute Gasteiger partial charge is 0.0751 e. The summed E-state index contributed by atoms with van der Waals surface area (Å²) < 4.78 is 0. The van der Waals surface area contributed by atoms with Gasteiger partial charge in [0, 0.05) is 29.2 Å². The molecule has 3 N–H and O–H groups in total. The minimum absolute atomic E-state index is 0.115. The number of aryl methyl sites for hydroxylation is 1. The normalized spacial score (nSPS) is 19.6. The minimum Gasteiger partial charge on any atom is -0.384 e. The van der Waals surface area contributed by atoms with Crippen LogP contribution in [0, 0.1) is 5.92 Å². The lowest BCUT2D eigenvalue weighted by Gasteiger charge is -2.37. The Labute approximate surface area is 236 Å². The van der Waals surface area contributed by atoms with Gasteiger partial charge in [0.05, 0.1) is 12.1 Å². The maximum Gasteiger partial charge on any atom is 0.0751 e. The van der Waals surface area contributed by atoms with E-state index in [-0.39, 0.29) is 12.1 Å². The summed E-state index contributed by atoms with van der Waals surface area (Å²) in [4.78, 5) is 0. The molecule has 0 spiro atoms. The van der Waals surface area contributed by atoms with Gasteiger partial charge in [-0.1, -0.05) is 108 Å². The summed E-state index contributed by atoms with van der Waals surface area (Å²) in [5.41, 5.74) is 12.3.